The van der Waals surface area contributed by atoms with Gasteiger partial charge in [0.25, 0.3) is 0 Å². The van der Waals surface area contributed by atoms with Crippen molar-refractivity contribution in [2.45, 2.75) is 27.7 Å². The summed E-state index contributed by atoms with van der Waals surface area (Å²) in [6.07, 6.45) is -1.80. The van der Waals surface area contributed by atoms with E-state index in [0.717, 1.165) is 0 Å². The van der Waals surface area contributed by atoms with Crippen molar-refractivity contribution in [2.24, 2.45) is 22.1 Å². The number of aliphatic carboxylic acids is 1. The summed E-state index contributed by atoms with van der Waals surface area (Å²) in [5.41, 5.74) is 0. The summed E-state index contributed by atoms with van der Waals surface area (Å²) >= 11 is 0. The number of aliphatic hydroxyl groups excluding tert-OH is 1. The van der Waals surface area contributed by atoms with E-state index in [4.69, 9.17) is 10.2 Å². The van der Waals surface area contributed by atoms with Crippen LogP contribution in [0.1, 0.15) is 27.7 Å². The quantitative estimate of drug-likeness (QED) is 0.158. The highest BCUT2D eigenvalue weighted by atomic mass is 31.1. The largest absolute Gasteiger partial charge is 0.481 e. The highest BCUT2D eigenvalue weighted by Crippen LogP contribution is 2.32. The fraction of sp³-hybridized carbons (Fsp3) is 0.312. The minimum Gasteiger partial charge on any atom is -0.481 e. The van der Waals surface area contributed by atoms with E-state index in [1.165, 1.54) is 22.8 Å². The molecule has 1 heterocycles. The molecule has 3 aromatic carbocycles. The Morgan fingerprint density at radius 2 is 1.16 bits per heavy atom. The van der Waals surface area contributed by atoms with Crippen molar-refractivity contribution in [2.75, 3.05) is 26.4 Å². The lowest BCUT2D eigenvalue weighted by atomic mass is 10.1. The molecule has 12 heteroatoms. The topological polar surface area (TPSA) is 161 Å². The molecule has 44 heavy (non-hydrogen) atoms. The molecule has 236 valence electrons. The van der Waals surface area contributed by atoms with Gasteiger partial charge in [-0.3, -0.25) is 9.59 Å². The van der Waals surface area contributed by atoms with Gasteiger partial charge in [0.2, 0.25) is 0 Å². The van der Waals surface area contributed by atoms with E-state index in [-0.39, 0.29) is 31.7 Å². The van der Waals surface area contributed by atoms with Crippen molar-refractivity contribution in [3.8, 4) is 0 Å². The smallest absolute Gasteiger partial charge is 0.452 e. The number of carboxylic acids is 1. The first-order chi connectivity index (χ1) is 21.1. The summed E-state index contributed by atoms with van der Waals surface area (Å²) < 4.78 is 13.1. The number of amides is 2. The van der Waals surface area contributed by atoms with Crippen LogP contribution in [0.5, 0.6) is 0 Å². The van der Waals surface area contributed by atoms with Crippen molar-refractivity contribution in [3.05, 3.63) is 91.0 Å². The second-order valence-electron chi connectivity index (χ2n) is 8.89. The molecule has 0 unspecified atom stereocenters. The number of esters is 1. The Kier molecular flexibility index (Phi) is 18.9. The molecule has 0 aliphatic carbocycles. The summed E-state index contributed by atoms with van der Waals surface area (Å²) in [4.78, 5) is 40.7. The van der Waals surface area contributed by atoms with E-state index in [1.807, 2.05) is 6.92 Å². The van der Waals surface area contributed by atoms with Gasteiger partial charge in [0, 0.05) is 0 Å². The van der Waals surface area contributed by atoms with Crippen molar-refractivity contribution < 1.29 is 43.6 Å². The maximum atomic E-state index is 10.5. The first kappa shape index (κ1) is 37.6. The molecular formula is C32H39N2O9P. The molecule has 0 saturated carbocycles. The van der Waals surface area contributed by atoms with E-state index in [0.29, 0.717) is 6.61 Å². The minimum absolute atomic E-state index is 0.0602. The first-order valence-corrected chi connectivity index (χ1v) is 15.2. The fourth-order valence-electron chi connectivity index (χ4n) is 2.96. The summed E-state index contributed by atoms with van der Waals surface area (Å²) in [6, 6.07) is 32.3. The lowest BCUT2D eigenvalue weighted by molar-refractivity contribution is -0.166. The molecule has 2 atom stereocenters. The zero-order chi connectivity index (χ0) is 32.7. The molecule has 0 radical (unpaired) electrons. The predicted molar refractivity (Wildman–Crippen MR) is 168 cm³/mol. The molecule has 0 bridgehead atoms. The van der Waals surface area contributed by atoms with Crippen molar-refractivity contribution in [1.29, 1.82) is 0 Å². The lowest BCUT2D eigenvalue weighted by Gasteiger charge is -2.19. The van der Waals surface area contributed by atoms with Gasteiger partial charge in [-0.25, -0.2) is 9.59 Å². The monoisotopic (exact) mass is 626 g/mol. The molecule has 0 aromatic heterocycles. The number of carbonyl (C=O) groups excluding carboxylic acids is 3. The van der Waals surface area contributed by atoms with Crippen LogP contribution in [-0.4, -0.2) is 60.8 Å². The van der Waals surface area contributed by atoms with Gasteiger partial charge >= 0.3 is 24.1 Å². The maximum absolute atomic E-state index is 10.5. The van der Waals surface area contributed by atoms with Crippen LogP contribution in [0.3, 0.4) is 0 Å². The molecule has 2 N–H and O–H groups in total. The Bertz CT molecular complexity index is 1180. The molecule has 1 aliphatic rings. The third kappa shape index (κ3) is 15.1. The molecule has 4 rings (SSSR count). The van der Waals surface area contributed by atoms with Gasteiger partial charge in [-0.2, -0.15) is 0 Å². The molecular weight excluding hydrogens is 587 g/mol. The second kappa shape index (κ2) is 22.1. The maximum Gasteiger partial charge on any atom is 0.452 e. The first-order valence-electron chi connectivity index (χ1n) is 13.8. The van der Waals surface area contributed by atoms with Crippen LogP contribution in [0, 0.1) is 11.8 Å². The molecule has 3 aromatic rings. The number of aliphatic hydroxyl groups is 1. The number of hydrogen-bond acceptors (Lipinski definition) is 8. The molecule has 1 fully saturated rings. The van der Waals surface area contributed by atoms with Crippen LogP contribution >= 0.6 is 7.92 Å². The van der Waals surface area contributed by atoms with Crippen molar-refractivity contribution in [1.82, 2.24) is 0 Å². The van der Waals surface area contributed by atoms with Crippen molar-refractivity contribution in [3.63, 3.8) is 0 Å². The number of benzene rings is 3. The van der Waals surface area contributed by atoms with Crippen molar-refractivity contribution >= 4 is 48.0 Å². The summed E-state index contributed by atoms with van der Waals surface area (Å²) in [5, 5.41) is 26.2. The summed E-state index contributed by atoms with van der Waals surface area (Å²) in [7, 11) is -0.446. The van der Waals surface area contributed by atoms with Crippen LogP contribution in [0.2, 0.25) is 0 Å². The molecule has 11 nitrogen and oxygen atoms in total. The summed E-state index contributed by atoms with van der Waals surface area (Å²) in [6.45, 7) is 7.28. The van der Waals surface area contributed by atoms with Gasteiger partial charge in [0.05, 0.1) is 31.7 Å². The van der Waals surface area contributed by atoms with E-state index in [1.54, 1.807) is 13.8 Å². The Morgan fingerprint density at radius 1 is 0.818 bits per heavy atom. The normalized spacial score (nSPS) is 13.7. The van der Waals surface area contributed by atoms with E-state index >= 15 is 0 Å². The average molecular weight is 627 g/mol. The SMILES string of the molecule is CCOC(=O)N=NC(=O)OCC.C[C@@H](CO)C(=O)O.C[C@H]1COC1=O.c1ccc(P(c2ccccc2)c2ccccc2)cc1. The van der Waals surface area contributed by atoms with Crippen LogP contribution < -0.4 is 15.9 Å². The number of ether oxygens (including phenoxy) is 3. The number of nitrogens with zero attached hydrogens (tertiary/aromatic N) is 2. The molecule has 1 saturated heterocycles. The van der Waals surface area contributed by atoms with Crippen LogP contribution in [0.25, 0.3) is 0 Å². The van der Waals surface area contributed by atoms with Gasteiger partial charge in [0.15, 0.2) is 0 Å². The third-order valence-electron chi connectivity index (χ3n) is 5.37. The van der Waals surface area contributed by atoms with Gasteiger partial charge in [0.1, 0.15) is 6.61 Å². The number of azo groups is 1. The number of hydrogen-bond donors (Lipinski definition) is 2. The number of cyclic esters (lactones) is 1. The van der Waals surface area contributed by atoms with Gasteiger partial charge in [-0.05, 0) is 51.5 Å². The van der Waals surface area contributed by atoms with E-state index in [2.05, 4.69) is 115 Å². The van der Waals surface area contributed by atoms with E-state index < -0.39 is 32.0 Å². The Hall–Kier alpha value is -4.47. The average Bonchev–Trinajstić information content (AvgIpc) is 3.05. The third-order valence-corrected chi connectivity index (χ3v) is 7.81. The van der Waals surface area contributed by atoms with Gasteiger partial charge in [-0.1, -0.05) is 101 Å². The molecule has 0 spiro atoms. The predicted octanol–water partition coefficient (Wildman–Crippen LogP) is 5.08. The lowest BCUT2D eigenvalue weighted by Crippen LogP contribution is -2.31. The molecule has 1 aliphatic heterocycles. The Labute approximate surface area is 258 Å². The Morgan fingerprint density at radius 3 is 1.34 bits per heavy atom. The second-order valence-corrected chi connectivity index (χ2v) is 11.1. The van der Waals surface area contributed by atoms with Gasteiger partial charge in [-0.15, -0.1) is 0 Å². The minimum atomic E-state index is -0.956. The van der Waals surface area contributed by atoms with Crippen LogP contribution in [0.4, 0.5) is 9.59 Å². The highest BCUT2D eigenvalue weighted by Gasteiger charge is 2.24. The Balaban J connectivity index is 0.000000331. The van der Waals surface area contributed by atoms with E-state index in [9.17, 15) is 19.2 Å². The van der Waals surface area contributed by atoms with Crippen LogP contribution in [0.15, 0.2) is 101 Å². The summed E-state index contributed by atoms with van der Waals surface area (Å²) in [5.74, 6) is -1.47. The van der Waals surface area contributed by atoms with Gasteiger partial charge < -0.3 is 24.4 Å². The number of carboxylic acid groups (broad SMARTS) is 1. The van der Waals surface area contributed by atoms with Crippen LogP contribution in [-0.2, 0) is 23.8 Å². The molecule has 2 amide bonds. The number of carbonyl (C=O) groups is 4. The zero-order valence-electron chi connectivity index (χ0n) is 25.2. The number of rotatable bonds is 7. The zero-order valence-corrected chi connectivity index (χ0v) is 26.1. The fourth-order valence-corrected chi connectivity index (χ4v) is 5.27. The standard InChI is InChI=1S/C18H15P.C6H10N2O4.C4H8O3.C4H6O2/c1-4-10-16(11-5-1)19(17-12-6-2-7-13-17)18-14-8-3-9-15-18;1-3-11-5(9)7-8-6(10)12-4-2;1-3(2-5)4(6)7;1-3-2-6-4(3)5/h1-15H;3-4H2,1-2H3;3,5H,2H2,1H3,(H,6,7);3H,2H2,1H3/t;;2*3-/m..00/s1. The highest BCUT2D eigenvalue weighted by molar-refractivity contribution is 7.79.